The lowest BCUT2D eigenvalue weighted by Crippen LogP contribution is -2.12. The van der Waals surface area contributed by atoms with E-state index in [9.17, 15) is 0 Å². The van der Waals surface area contributed by atoms with Crippen molar-refractivity contribution in [1.29, 1.82) is 0 Å². The van der Waals surface area contributed by atoms with Crippen LogP contribution in [-0.4, -0.2) is 11.0 Å². The highest BCUT2D eigenvalue weighted by Gasteiger charge is 2.13. The smallest absolute Gasteiger partial charge is 0.136 e. The highest BCUT2D eigenvalue weighted by Crippen LogP contribution is 2.36. The van der Waals surface area contributed by atoms with Crippen LogP contribution in [0, 0.1) is 0 Å². The van der Waals surface area contributed by atoms with Gasteiger partial charge in [0, 0.05) is 17.2 Å². The third kappa shape index (κ3) is 3.11. The lowest BCUT2D eigenvalue weighted by Gasteiger charge is -2.15. The molecule has 3 nitrogen and oxygen atoms in total. The van der Waals surface area contributed by atoms with Crippen molar-refractivity contribution in [2.24, 2.45) is 0 Å². The molecule has 2 aromatic rings. The number of nitrogens with zero attached hydrogens (tertiary/aromatic N) is 1. The molecule has 0 amide bonds. The fourth-order valence-electron chi connectivity index (χ4n) is 1.79. The molecule has 2 rings (SSSR count). The minimum atomic E-state index is 0.242. The van der Waals surface area contributed by atoms with Crippen molar-refractivity contribution in [3.8, 4) is 11.1 Å². The maximum absolute atomic E-state index is 6.26. The molecule has 19 heavy (non-hydrogen) atoms. The Labute approximate surface area is 122 Å². The molecule has 1 aromatic carbocycles. The number of halogens is 2. The quantitative estimate of drug-likeness (QED) is 0.879. The van der Waals surface area contributed by atoms with E-state index in [2.05, 4.69) is 10.3 Å². The van der Waals surface area contributed by atoms with Crippen LogP contribution in [0.5, 0.6) is 0 Å². The third-order valence-corrected chi connectivity index (χ3v) is 3.40. The van der Waals surface area contributed by atoms with Gasteiger partial charge in [-0.15, -0.1) is 0 Å². The summed E-state index contributed by atoms with van der Waals surface area (Å²) in [4.78, 5) is 4.33. The molecule has 0 bridgehead atoms. The molecule has 1 aromatic heterocycles. The summed E-state index contributed by atoms with van der Waals surface area (Å²) in [7, 11) is 0. The lowest BCUT2D eigenvalue weighted by molar-refractivity contribution is 0.890. The zero-order chi connectivity index (χ0) is 14.0. The number of anilines is 2. The zero-order valence-electron chi connectivity index (χ0n) is 10.7. The van der Waals surface area contributed by atoms with Crippen molar-refractivity contribution in [1.82, 2.24) is 4.98 Å². The molecule has 0 saturated heterocycles. The topological polar surface area (TPSA) is 50.9 Å². The second-order valence-electron chi connectivity index (χ2n) is 4.53. The first-order chi connectivity index (χ1) is 8.99. The minimum absolute atomic E-state index is 0.242. The predicted molar refractivity (Wildman–Crippen MR) is 82.9 cm³/mol. The number of pyridine rings is 1. The van der Waals surface area contributed by atoms with E-state index in [-0.39, 0.29) is 6.04 Å². The van der Waals surface area contributed by atoms with Gasteiger partial charge >= 0.3 is 0 Å². The Bertz CT molecular complexity index is 597. The van der Waals surface area contributed by atoms with Gasteiger partial charge in [-0.05, 0) is 32.0 Å². The van der Waals surface area contributed by atoms with Gasteiger partial charge in [-0.3, -0.25) is 0 Å². The second kappa shape index (κ2) is 5.68. The molecule has 0 aliphatic rings. The van der Waals surface area contributed by atoms with Crippen LogP contribution in [0.4, 0.5) is 11.6 Å². The van der Waals surface area contributed by atoms with E-state index >= 15 is 0 Å². The van der Waals surface area contributed by atoms with Gasteiger partial charge in [-0.25, -0.2) is 4.98 Å². The van der Waals surface area contributed by atoms with Gasteiger partial charge in [-0.2, -0.15) is 0 Å². The molecule has 100 valence electrons. The van der Waals surface area contributed by atoms with E-state index in [0.29, 0.717) is 21.7 Å². The van der Waals surface area contributed by atoms with Gasteiger partial charge in [0.05, 0.1) is 10.0 Å². The highest BCUT2D eigenvalue weighted by atomic mass is 35.5. The van der Waals surface area contributed by atoms with E-state index < -0.39 is 0 Å². The van der Waals surface area contributed by atoms with Crippen LogP contribution in [0.25, 0.3) is 11.1 Å². The van der Waals surface area contributed by atoms with Crippen LogP contribution < -0.4 is 11.1 Å². The van der Waals surface area contributed by atoms with Crippen molar-refractivity contribution < 1.29 is 0 Å². The summed E-state index contributed by atoms with van der Waals surface area (Å²) in [6, 6.07) is 9.41. The Balaban J connectivity index is 2.58. The van der Waals surface area contributed by atoms with Gasteiger partial charge < -0.3 is 11.1 Å². The molecule has 0 fully saturated rings. The van der Waals surface area contributed by atoms with Crippen molar-refractivity contribution in [2.45, 2.75) is 19.9 Å². The molecule has 0 saturated carbocycles. The van der Waals surface area contributed by atoms with E-state index in [1.54, 1.807) is 12.1 Å². The Kier molecular flexibility index (Phi) is 4.17. The Morgan fingerprint density at radius 3 is 2.53 bits per heavy atom. The molecule has 0 radical (unpaired) electrons. The van der Waals surface area contributed by atoms with Gasteiger partial charge in [0.1, 0.15) is 11.6 Å². The van der Waals surface area contributed by atoms with Crippen LogP contribution in [0.3, 0.4) is 0 Å². The first kappa shape index (κ1) is 14.0. The minimum Gasteiger partial charge on any atom is -0.384 e. The Morgan fingerprint density at radius 1 is 1.11 bits per heavy atom. The maximum Gasteiger partial charge on any atom is 0.136 e. The summed E-state index contributed by atoms with van der Waals surface area (Å²) >= 11 is 12.3. The van der Waals surface area contributed by atoms with E-state index in [4.69, 9.17) is 28.9 Å². The summed E-state index contributed by atoms with van der Waals surface area (Å²) in [5.41, 5.74) is 7.46. The van der Waals surface area contributed by atoms with Crippen molar-refractivity contribution >= 4 is 34.8 Å². The summed E-state index contributed by atoms with van der Waals surface area (Å²) in [5, 5.41) is 4.30. The van der Waals surface area contributed by atoms with Crippen LogP contribution >= 0.6 is 23.2 Å². The largest absolute Gasteiger partial charge is 0.384 e. The number of hydrogen-bond donors (Lipinski definition) is 2. The lowest BCUT2D eigenvalue weighted by atomic mass is 10.1. The number of rotatable bonds is 3. The standard InChI is InChI=1S/C14H15Cl2N3/c1-8(2)18-14-10(6-7-12(17)19-14)9-4-3-5-11(15)13(9)16/h3-8H,1-2H3,(H3,17,18,19). The zero-order valence-corrected chi connectivity index (χ0v) is 12.3. The van der Waals surface area contributed by atoms with Crippen molar-refractivity contribution in [3.63, 3.8) is 0 Å². The average Bonchev–Trinajstić information content (AvgIpc) is 2.33. The number of nitrogens with two attached hydrogens (primary N) is 1. The number of hydrogen-bond acceptors (Lipinski definition) is 3. The molecule has 3 N–H and O–H groups in total. The molecule has 0 atom stereocenters. The third-order valence-electron chi connectivity index (χ3n) is 2.58. The first-order valence-electron chi connectivity index (χ1n) is 5.96. The van der Waals surface area contributed by atoms with Crippen LogP contribution in [0.1, 0.15) is 13.8 Å². The second-order valence-corrected chi connectivity index (χ2v) is 5.32. The predicted octanol–water partition coefficient (Wildman–Crippen LogP) is 4.46. The molecule has 0 aliphatic carbocycles. The molecule has 1 heterocycles. The highest BCUT2D eigenvalue weighted by molar-refractivity contribution is 6.43. The molecule has 0 unspecified atom stereocenters. The number of benzene rings is 1. The van der Waals surface area contributed by atoms with E-state index in [0.717, 1.165) is 11.1 Å². The van der Waals surface area contributed by atoms with Gasteiger partial charge in [0.2, 0.25) is 0 Å². The van der Waals surface area contributed by atoms with Gasteiger partial charge in [0.25, 0.3) is 0 Å². The van der Waals surface area contributed by atoms with Crippen LogP contribution in [0.2, 0.25) is 10.0 Å². The van der Waals surface area contributed by atoms with Crippen LogP contribution in [0.15, 0.2) is 30.3 Å². The molecule has 0 spiro atoms. The van der Waals surface area contributed by atoms with E-state index in [1.165, 1.54) is 0 Å². The Morgan fingerprint density at radius 2 is 1.84 bits per heavy atom. The monoisotopic (exact) mass is 295 g/mol. The van der Waals surface area contributed by atoms with Crippen LogP contribution in [-0.2, 0) is 0 Å². The normalized spacial score (nSPS) is 10.8. The van der Waals surface area contributed by atoms with Gasteiger partial charge in [0.15, 0.2) is 0 Å². The molecular formula is C14H15Cl2N3. The average molecular weight is 296 g/mol. The summed E-state index contributed by atoms with van der Waals surface area (Å²) in [6.07, 6.45) is 0. The SMILES string of the molecule is CC(C)Nc1nc(N)ccc1-c1cccc(Cl)c1Cl. The molecule has 0 aliphatic heterocycles. The first-order valence-corrected chi connectivity index (χ1v) is 6.72. The molecular weight excluding hydrogens is 281 g/mol. The van der Waals surface area contributed by atoms with E-state index in [1.807, 2.05) is 32.0 Å². The van der Waals surface area contributed by atoms with Crippen molar-refractivity contribution in [2.75, 3.05) is 11.1 Å². The van der Waals surface area contributed by atoms with Gasteiger partial charge in [-0.1, -0.05) is 35.3 Å². The number of aromatic nitrogens is 1. The summed E-state index contributed by atoms with van der Waals surface area (Å²) in [5.74, 6) is 1.17. The summed E-state index contributed by atoms with van der Waals surface area (Å²) in [6.45, 7) is 4.07. The maximum atomic E-state index is 6.26. The fourth-order valence-corrected chi connectivity index (χ4v) is 2.19. The number of nitrogens with one attached hydrogen (secondary N) is 1. The van der Waals surface area contributed by atoms with Crippen molar-refractivity contribution in [3.05, 3.63) is 40.4 Å². The Hall–Kier alpha value is -1.45. The number of nitrogen functional groups attached to an aromatic ring is 1. The summed E-state index contributed by atoms with van der Waals surface area (Å²) < 4.78 is 0. The molecule has 5 heteroatoms. The fraction of sp³-hybridized carbons (Fsp3) is 0.214.